The minimum absolute atomic E-state index is 0.124. The van der Waals surface area contributed by atoms with E-state index in [1.807, 2.05) is 38.1 Å². The number of nitrogens with one attached hydrogen (secondary N) is 1. The molecule has 0 radical (unpaired) electrons. The maximum absolute atomic E-state index is 12.3. The highest BCUT2D eigenvalue weighted by molar-refractivity contribution is 7.89. The highest BCUT2D eigenvalue weighted by atomic mass is 32.2. The van der Waals surface area contributed by atoms with E-state index in [1.165, 1.54) is 12.1 Å². The Balaban J connectivity index is 2.09. The zero-order chi connectivity index (χ0) is 18.3. The number of rotatable bonds is 8. The van der Waals surface area contributed by atoms with Crippen LogP contribution in [0.15, 0.2) is 58.5 Å². The standard InChI is InChI=1S/C18H22N2O4S/c1-4-23-16-8-6-15(7-9-16)14(3)19-20-25(21,22)18-12-10-17(11-13-18)24-5-2/h6-13,20H,4-5H2,1-3H3/b19-14-. The van der Waals surface area contributed by atoms with Crippen LogP contribution in [0.5, 0.6) is 11.5 Å². The van der Waals surface area contributed by atoms with Crippen molar-refractivity contribution in [2.24, 2.45) is 5.10 Å². The van der Waals surface area contributed by atoms with Crippen LogP contribution in [0.4, 0.5) is 0 Å². The van der Waals surface area contributed by atoms with E-state index in [0.717, 1.165) is 11.3 Å². The zero-order valence-corrected chi connectivity index (χ0v) is 15.3. The number of hydrogen-bond acceptors (Lipinski definition) is 5. The van der Waals surface area contributed by atoms with Crippen LogP contribution in [0.2, 0.25) is 0 Å². The molecular formula is C18H22N2O4S. The maximum atomic E-state index is 12.3. The Bertz CT molecular complexity index is 813. The van der Waals surface area contributed by atoms with E-state index in [2.05, 4.69) is 9.93 Å². The van der Waals surface area contributed by atoms with Crippen molar-refractivity contribution in [3.05, 3.63) is 54.1 Å². The Hall–Kier alpha value is -2.54. The van der Waals surface area contributed by atoms with E-state index >= 15 is 0 Å². The largest absolute Gasteiger partial charge is 0.494 e. The second-order valence-electron chi connectivity index (χ2n) is 5.15. The molecule has 0 aliphatic heterocycles. The van der Waals surface area contributed by atoms with Crippen molar-refractivity contribution >= 4 is 15.7 Å². The molecule has 0 unspecified atom stereocenters. The van der Waals surface area contributed by atoms with Crippen LogP contribution in [0.3, 0.4) is 0 Å². The first-order valence-electron chi connectivity index (χ1n) is 7.98. The van der Waals surface area contributed by atoms with Crippen molar-refractivity contribution in [3.8, 4) is 11.5 Å². The van der Waals surface area contributed by atoms with Crippen molar-refractivity contribution < 1.29 is 17.9 Å². The second-order valence-corrected chi connectivity index (χ2v) is 6.81. The predicted octanol–water partition coefficient (Wildman–Crippen LogP) is 3.19. The van der Waals surface area contributed by atoms with Gasteiger partial charge in [-0.1, -0.05) is 0 Å². The first-order valence-corrected chi connectivity index (χ1v) is 9.46. The van der Waals surface area contributed by atoms with Crippen molar-refractivity contribution in [1.29, 1.82) is 0 Å². The normalized spacial score (nSPS) is 11.9. The number of benzene rings is 2. The first kappa shape index (κ1) is 18.8. The van der Waals surface area contributed by atoms with E-state index in [9.17, 15) is 8.42 Å². The Morgan fingerprint density at radius 2 is 1.40 bits per heavy atom. The van der Waals surface area contributed by atoms with Crippen molar-refractivity contribution in [2.75, 3.05) is 13.2 Å². The van der Waals surface area contributed by atoms with Gasteiger partial charge in [0, 0.05) is 0 Å². The van der Waals surface area contributed by atoms with Gasteiger partial charge in [-0.15, -0.1) is 0 Å². The lowest BCUT2D eigenvalue weighted by Crippen LogP contribution is -2.19. The molecule has 7 heteroatoms. The van der Waals surface area contributed by atoms with Crippen LogP contribution in [0.25, 0.3) is 0 Å². The molecule has 0 saturated heterocycles. The van der Waals surface area contributed by atoms with Gasteiger partial charge in [-0.2, -0.15) is 18.4 Å². The number of nitrogens with zero attached hydrogens (tertiary/aromatic N) is 1. The average Bonchev–Trinajstić information content (AvgIpc) is 2.61. The number of ether oxygens (including phenoxy) is 2. The van der Waals surface area contributed by atoms with Crippen LogP contribution in [-0.4, -0.2) is 27.3 Å². The lowest BCUT2D eigenvalue weighted by molar-refractivity contribution is 0.340. The van der Waals surface area contributed by atoms with Gasteiger partial charge in [-0.05, 0) is 74.9 Å². The summed E-state index contributed by atoms with van der Waals surface area (Å²) in [5, 5.41) is 3.98. The molecule has 2 aromatic carbocycles. The highest BCUT2D eigenvalue weighted by Crippen LogP contribution is 2.16. The average molecular weight is 362 g/mol. The fourth-order valence-corrected chi connectivity index (χ4v) is 2.94. The molecule has 0 saturated carbocycles. The molecule has 0 fully saturated rings. The van der Waals surface area contributed by atoms with E-state index in [-0.39, 0.29) is 4.90 Å². The second kappa shape index (κ2) is 8.53. The van der Waals surface area contributed by atoms with Gasteiger partial charge in [0.05, 0.1) is 23.8 Å². The molecule has 2 rings (SSSR count). The Morgan fingerprint density at radius 1 is 0.920 bits per heavy atom. The Morgan fingerprint density at radius 3 is 1.88 bits per heavy atom. The molecule has 0 aliphatic carbocycles. The van der Waals surface area contributed by atoms with Gasteiger partial charge in [0.25, 0.3) is 10.0 Å². The van der Waals surface area contributed by atoms with Crippen LogP contribution in [-0.2, 0) is 10.0 Å². The van der Waals surface area contributed by atoms with Gasteiger partial charge in [-0.25, -0.2) is 0 Å². The van der Waals surface area contributed by atoms with Gasteiger partial charge in [0.1, 0.15) is 11.5 Å². The van der Waals surface area contributed by atoms with Gasteiger partial charge < -0.3 is 9.47 Å². The summed E-state index contributed by atoms with van der Waals surface area (Å²) < 4.78 is 35.3. The number of hydrogen-bond donors (Lipinski definition) is 1. The Kier molecular flexibility index (Phi) is 6.41. The molecular weight excluding hydrogens is 340 g/mol. The lowest BCUT2D eigenvalue weighted by Gasteiger charge is -2.08. The summed E-state index contributed by atoms with van der Waals surface area (Å²) in [7, 11) is -3.73. The summed E-state index contributed by atoms with van der Waals surface area (Å²) in [6.07, 6.45) is 0. The smallest absolute Gasteiger partial charge is 0.276 e. The van der Waals surface area contributed by atoms with Crippen molar-refractivity contribution in [1.82, 2.24) is 4.83 Å². The van der Waals surface area contributed by atoms with Crippen LogP contribution in [0.1, 0.15) is 26.3 Å². The molecule has 134 valence electrons. The monoisotopic (exact) mass is 362 g/mol. The topological polar surface area (TPSA) is 77.0 Å². The molecule has 25 heavy (non-hydrogen) atoms. The van der Waals surface area contributed by atoms with E-state index in [0.29, 0.717) is 24.7 Å². The molecule has 2 aromatic rings. The zero-order valence-electron chi connectivity index (χ0n) is 14.5. The minimum atomic E-state index is -3.73. The third kappa shape index (κ3) is 5.22. The molecule has 0 spiro atoms. The molecule has 6 nitrogen and oxygen atoms in total. The van der Waals surface area contributed by atoms with Crippen molar-refractivity contribution in [2.45, 2.75) is 25.7 Å². The number of hydrazone groups is 1. The third-order valence-corrected chi connectivity index (χ3v) is 4.59. The molecule has 1 N–H and O–H groups in total. The maximum Gasteiger partial charge on any atom is 0.276 e. The molecule has 0 heterocycles. The molecule has 0 amide bonds. The molecule has 0 atom stereocenters. The van der Waals surface area contributed by atoms with E-state index in [4.69, 9.17) is 9.47 Å². The summed E-state index contributed by atoms with van der Waals surface area (Å²) >= 11 is 0. The van der Waals surface area contributed by atoms with Gasteiger partial charge in [0.2, 0.25) is 0 Å². The minimum Gasteiger partial charge on any atom is -0.494 e. The van der Waals surface area contributed by atoms with Crippen LogP contribution >= 0.6 is 0 Å². The fraction of sp³-hybridized carbons (Fsp3) is 0.278. The van der Waals surface area contributed by atoms with E-state index < -0.39 is 10.0 Å². The summed E-state index contributed by atoms with van der Waals surface area (Å²) in [4.78, 5) is 2.38. The van der Waals surface area contributed by atoms with Gasteiger partial charge >= 0.3 is 0 Å². The first-order chi connectivity index (χ1) is 12.0. The fourth-order valence-electron chi connectivity index (χ4n) is 2.09. The summed E-state index contributed by atoms with van der Waals surface area (Å²) in [5.74, 6) is 1.38. The van der Waals surface area contributed by atoms with Crippen LogP contribution in [0, 0.1) is 0 Å². The summed E-state index contributed by atoms with van der Waals surface area (Å²) in [5.41, 5.74) is 1.36. The quantitative estimate of drug-likeness (QED) is 0.578. The summed E-state index contributed by atoms with van der Waals surface area (Å²) in [6, 6.07) is 13.5. The van der Waals surface area contributed by atoms with Crippen molar-refractivity contribution in [3.63, 3.8) is 0 Å². The van der Waals surface area contributed by atoms with Gasteiger partial charge in [-0.3, -0.25) is 0 Å². The van der Waals surface area contributed by atoms with Crippen LogP contribution < -0.4 is 14.3 Å². The van der Waals surface area contributed by atoms with Gasteiger partial charge in [0.15, 0.2) is 0 Å². The lowest BCUT2D eigenvalue weighted by atomic mass is 10.1. The number of sulfonamides is 1. The molecule has 0 aromatic heterocycles. The predicted molar refractivity (Wildman–Crippen MR) is 97.8 cm³/mol. The third-order valence-electron chi connectivity index (χ3n) is 3.36. The Labute approximate surface area is 148 Å². The summed E-state index contributed by atoms with van der Waals surface area (Å²) in [6.45, 7) is 6.63. The highest BCUT2D eigenvalue weighted by Gasteiger charge is 2.13. The molecule has 0 aliphatic rings. The SMILES string of the molecule is CCOc1ccc(/C(C)=N\NS(=O)(=O)c2ccc(OCC)cc2)cc1. The molecule has 0 bridgehead atoms. The van der Waals surface area contributed by atoms with E-state index in [1.54, 1.807) is 19.1 Å².